The highest BCUT2D eigenvalue weighted by Crippen LogP contribution is 2.25. The zero-order valence-corrected chi connectivity index (χ0v) is 15.1. The van der Waals surface area contributed by atoms with Crippen LogP contribution in [0.2, 0.25) is 0 Å². The number of fused-ring (bicyclic) bond motifs is 1. The van der Waals surface area contributed by atoms with E-state index in [0.29, 0.717) is 18.6 Å². The summed E-state index contributed by atoms with van der Waals surface area (Å²) in [7, 11) is 0. The Bertz CT molecular complexity index is 781. The Morgan fingerprint density at radius 2 is 2.00 bits per heavy atom. The number of likely N-dealkylation sites (tertiary alicyclic amines) is 1. The molecule has 2 aliphatic heterocycles. The van der Waals surface area contributed by atoms with Gasteiger partial charge in [-0.3, -0.25) is 20.6 Å². The van der Waals surface area contributed by atoms with Crippen molar-refractivity contribution in [3.63, 3.8) is 0 Å². The van der Waals surface area contributed by atoms with Gasteiger partial charge in [0.05, 0.1) is 6.04 Å². The van der Waals surface area contributed by atoms with Crippen LogP contribution in [-0.4, -0.2) is 47.6 Å². The van der Waals surface area contributed by atoms with Gasteiger partial charge >= 0.3 is 0 Å². The summed E-state index contributed by atoms with van der Waals surface area (Å²) in [6, 6.07) is 14.2. The molecule has 27 heavy (non-hydrogen) atoms. The van der Waals surface area contributed by atoms with Gasteiger partial charge in [-0.25, -0.2) is 0 Å². The number of ether oxygens (including phenoxy) is 1. The summed E-state index contributed by atoms with van der Waals surface area (Å²) in [5.41, 5.74) is 7.70. The minimum absolute atomic E-state index is 0.0555. The number of amides is 1. The molecule has 6 heteroatoms. The highest BCUT2D eigenvalue weighted by Gasteiger charge is 2.40. The van der Waals surface area contributed by atoms with Crippen molar-refractivity contribution >= 4 is 12.0 Å². The Hall–Kier alpha value is -2.70. The molecule has 0 spiro atoms. The van der Waals surface area contributed by atoms with Gasteiger partial charge in [0.15, 0.2) is 0 Å². The van der Waals surface area contributed by atoms with Gasteiger partial charge in [-0.2, -0.15) is 0 Å². The van der Waals surface area contributed by atoms with E-state index in [1.54, 1.807) is 18.5 Å². The van der Waals surface area contributed by atoms with Crippen LogP contribution in [0.15, 0.2) is 60.9 Å². The normalized spacial score (nSPS) is 24.7. The van der Waals surface area contributed by atoms with Crippen LogP contribution >= 0.6 is 0 Å². The first kappa shape index (κ1) is 17.7. The van der Waals surface area contributed by atoms with Gasteiger partial charge in [-0.15, -0.1) is 0 Å². The van der Waals surface area contributed by atoms with Crippen LogP contribution in [0.4, 0.5) is 0 Å². The second kappa shape index (κ2) is 8.33. The van der Waals surface area contributed by atoms with Crippen LogP contribution in [-0.2, 0) is 4.79 Å². The molecule has 2 aromatic rings. The molecule has 4 rings (SSSR count). The van der Waals surface area contributed by atoms with Crippen molar-refractivity contribution in [2.24, 2.45) is 5.92 Å². The van der Waals surface area contributed by atoms with E-state index in [1.165, 1.54) is 0 Å². The van der Waals surface area contributed by atoms with Crippen molar-refractivity contribution in [1.82, 2.24) is 20.7 Å². The number of para-hydroxylation sites is 1. The van der Waals surface area contributed by atoms with Crippen molar-refractivity contribution in [1.29, 1.82) is 0 Å². The average Bonchev–Trinajstić information content (AvgIpc) is 3.14. The predicted molar refractivity (Wildman–Crippen MR) is 104 cm³/mol. The Balaban J connectivity index is 1.34. The standard InChI is InChI=1S/C21H24N4O2/c26-21(7-6-16-8-11-22-12-9-16)25-13-10-19-18(14-25)20(24-23-19)15-27-17-4-2-1-3-5-17/h1-9,11-12,18-20,23-24H,10,13-15H2/b7-6+. The third-order valence-electron chi connectivity index (χ3n) is 5.24. The van der Waals surface area contributed by atoms with E-state index in [1.807, 2.05) is 53.4 Å². The third kappa shape index (κ3) is 4.35. The number of benzene rings is 1. The van der Waals surface area contributed by atoms with Crippen LogP contribution in [0, 0.1) is 5.92 Å². The zero-order valence-electron chi connectivity index (χ0n) is 15.1. The van der Waals surface area contributed by atoms with E-state index in [2.05, 4.69) is 15.8 Å². The maximum absolute atomic E-state index is 12.6. The minimum atomic E-state index is 0.0555. The zero-order chi connectivity index (χ0) is 18.5. The minimum Gasteiger partial charge on any atom is -0.492 e. The number of carbonyl (C=O) groups excluding carboxylic acids is 1. The van der Waals surface area contributed by atoms with Crippen LogP contribution < -0.4 is 15.6 Å². The van der Waals surface area contributed by atoms with Crippen LogP contribution in [0.5, 0.6) is 5.75 Å². The van der Waals surface area contributed by atoms with E-state index in [9.17, 15) is 4.79 Å². The van der Waals surface area contributed by atoms with Crippen molar-refractivity contribution in [3.8, 4) is 5.75 Å². The topological polar surface area (TPSA) is 66.5 Å². The van der Waals surface area contributed by atoms with E-state index >= 15 is 0 Å². The van der Waals surface area contributed by atoms with Gasteiger partial charge in [0.25, 0.3) is 0 Å². The molecular weight excluding hydrogens is 340 g/mol. The van der Waals surface area contributed by atoms with Gasteiger partial charge in [0.1, 0.15) is 12.4 Å². The lowest BCUT2D eigenvalue weighted by Gasteiger charge is -2.35. The lowest BCUT2D eigenvalue weighted by Crippen LogP contribution is -2.49. The molecule has 0 radical (unpaired) electrons. The monoisotopic (exact) mass is 364 g/mol. The highest BCUT2D eigenvalue weighted by atomic mass is 16.5. The van der Waals surface area contributed by atoms with Crippen molar-refractivity contribution in [3.05, 3.63) is 66.5 Å². The molecule has 3 atom stereocenters. The molecule has 0 aliphatic carbocycles. The Labute approximate surface area is 159 Å². The Morgan fingerprint density at radius 1 is 1.19 bits per heavy atom. The number of carbonyl (C=O) groups is 1. The molecule has 3 heterocycles. The second-order valence-corrected chi connectivity index (χ2v) is 6.98. The molecule has 1 amide bonds. The van der Waals surface area contributed by atoms with Crippen molar-refractivity contribution < 1.29 is 9.53 Å². The molecular formula is C21H24N4O2. The average molecular weight is 364 g/mol. The van der Waals surface area contributed by atoms with E-state index in [-0.39, 0.29) is 11.9 Å². The summed E-state index contributed by atoms with van der Waals surface area (Å²) >= 11 is 0. The van der Waals surface area contributed by atoms with Gasteiger partial charge in [0, 0.05) is 43.5 Å². The Kier molecular flexibility index (Phi) is 5.46. The molecule has 3 unspecified atom stereocenters. The van der Waals surface area contributed by atoms with Crippen LogP contribution in [0.1, 0.15) is 12.0 Å². The number of hydrogen-bond donors (Lipinski definition) is 2. The molecule has 0 bridgehead atoms. The number of hydrazine groups is 1. The number of aromatic nitrogens is 1. The number of pyridine rings is 1. The van der Waals surface area contributed by atoms with Gasteiger partial charge in [0.2, 0.25) is 5.91 Å². The summed E-state index contributed by atoms with van der Waals surface area (Å²) in [5.74, 6) is 1.26. The van der Waals surface area contributed by atoms with E-state index in [0.717, 1.165) is 30.8 Å². The maximum atomic E-state index is 12.6. The van der Waals surface area contributed by atoms with E-state index < -0.39 is 0 Å². The molecule has 1 aromatic heterocycles. The lowest BCUT2D eigenvalue weighted by atomic mass is 9.88. The smallest absolute Gasteiger partial charge is 0.246 e. The van der Waals surface area contributed by atoms with Gasteiger partial charge < -0.3 is 9.64 Å². The second-order valence-electron chi connectivity index (χ2n) is 6.98. The van der Waals surface area contributed by atoms with Crippen molar-refractivity contribution in [2.45, 2.75) is 18.5 Å². The first-order chi connectivity index (χ1) is 13.3. The molecule has 0 saturated carbocycles. The largest absolute Gasteiger partial charge is 0.492 e. The summed E-state index contributed by atoms with van der Waals surface area (Å²) < 4.78 is 5.91. The Morgan fingerprint density at radius 3 is 2.81 bits per heavy atom. The molecule has 2 fully saturated rings. The summed E-state index contributed by atoms with van der Waals surface area (Å²) in [4.78, 5) is 18.5. The number of piperidine rings is 1. The van der Waals surface area contributed by atoms with Crippen LogP contribution in [0.3, 0.4) is 0 Å². The number of hydrogen-bond acceptors (Lipinski definition) is 5. The maximum Gasteiger partial charge on any atom is 0.246 e. The molecule has 2 aliphatic rings. The molecule has 1 aromatic carbocycles. The first-order valence-electron chi connectivity index (χ1n) is 9.35. The molecule has 140 valence electrons. The predicted octanol–water partition coefficient (Wildman–Crippen LogP) is 1.87. The molecule has 6 nitrogen and oxygen atoms in total. The summed E-state index contributed by atoms with van der Waals surface area (Å²) in [5, 5.41) is 0. The third-order valence-corrected chi connectivity index (χ3v) is 5.24. The number of nitrogens with zero attached hydrogens (tertiary/aromatic N) is 2. The summed E-state index contributed by atoms with van der Waals surface area (Å²) in [6.07, 6.45) is 7.89. The lowest BCUT2D eigenvalue weighted by molar-refractivity contribution is -0.127. The fourth-order valence-electron chi connectivity index (χ4n) is 3.71. The van der Waals surface area contributed by atoms with Crippen LogP contribution in [0.25, 0.3) is 6.08 Å². The van der Waals surface area contributed by atoms with Crippen molar-refractivity contribution in [2.75, 3.05) is 19.7 Å². The highest BCUT2D eigenvalue weighted by molar-refractivity contribution is 5.91. The summed E-state index contributed by atoms with van der Waals surface area (Å²) in [6.45, 7) is 2.07. The van der Waals surface area contributed by atoms with Gasteiger partial charge in [-0.05, 0) is 42.3 Å². The first-order valence-corrected chi connectivity index (χ1v) is 9.35. The fourth-order valence-corrected chi connectivity index (χ4v) is 3.71. The number of nitrogens with one attached hydrogen (secondary N) is 2. The van der Waals surface area contributed by atoms with E-state index in [4.69, 9.17) is 4.74 Å². The quantitative estimate of drug-likeness (QED) is 0.793. The van der Waals surface area contributed by atoms with Gasteiger partial charge in [-0.1, -0.05) is 18.2 Å². The molecule has 2 N–H and O–H groups in total. The fraction of sp³-hybridized carbons (Fsp3) is 0.333. The molecule has 2 saturated heterocycles. The number of rotatable bonds is 5. The SMILES string of the molecule is O=C(/C=C/c1ccncc1)N1CCC2NNC(COc3ccccc3)C2C1.